The maximum Gasteiger partial charge on any atom is 0.125 e. The molecule has 1 atom stereocenters. The highest BCUT2D eigenvalue weighted by Gasteiger charge is 2.07. The first-order valence-electron chi connectivity index (χ1n) is 3.82. The van der Waals surface area contributed by atoms with Crippen LogP contribution in [-0.2, 0) is 0 Å². The van der Waals surface area contributed by atoms with Crippen molar-refractivity contribution in [1.82, 2.24) is 0 Å². The zero-order chi connectivity index (χ0) is 9.84. The normalized spacial score (nSPS) is 12.1. The molecule has 1 rings (SSSR count). The molecule has 4 heteroatoms. The first-order chi connectivity index (χ1) is 6.13. The van der Waals surface area contributed by atoms with Crippen LogP contribution in [0.4, 0.5) is 10.1 Å². The molecule has 0 aliphatic heterocycles. The molecule has 13 heavy (non-hydrogen) atoms. The number of nitrogens with zero attached hydrogens (tertiary/aromatic N) is 1. The number of anilines is 1. The molecule has 3 nitrogen and oxygen atoms in total. The number of nitrogen functional groups attached to an aromatic ring is 1. The molecular weight excluding hydrogens is 169 g/mol. The van der Waals surface area contributed by atoms with Gasteiger partial charge in [0.25, 0.3) is 0 Å². The Morgan fingerprint density at radius 3 is 2.69 bits per heavy atom. The van der Waals surface area contributed by atoms with Crippen molar-refractivity contribution in [2.24, 2.45) is 5.73 Å². The Morgan fingerprint density at radius 1 is 1.46 bits per heavy atom. The van der Waals surface area contributed by atoms with Gasteiger partial charge >= 0.3 is 0 Å². The van der Waals surface area contributed by atoms with Gasteiger partial charge in [-0.1, -0.05) is 0 Å². The van der Waals surface area contributed by atoms with Crippen molar-refractivity contribution >= 4 is 5.69 Å². The lowest BCUT2D eigenvalue weighted by Crippen LogP contribution is -2.10. The van der Waals surface area contributed by atoms with Gasteiger partial charge in [-0.05, 0) is 23.8 Å². The number of nitriles is 1. The van der Waals surface area contributed by atoms with E-state index in [0.717, 1.165) is 0 Å². The van der Waals surface area contributed by atoms with E-state index in [-0.39, 0.29) is 6.42 Å². The molecule has 0 spiro atoms. The number of benzene rings is 1. The second-order valence-electron chi connectivity index (χ2n) is 2.79. The monoisotopic (exact) mass is 179 g/mol. The minimum absolute atomic E-state index is 0.156. The van der Waals surface area contributed by atoms with Gasteiger partial charge in [0, 0.05) is 11.7 Å². The Balaban J connectivity index is 2.95. The first kappa shape index (κ1) is 9.49. The average molecular weight is 179 g/mol. The van der Waals surface area contributed by atoms with E-state index >= 15 is 0 Å². The summed E-state index contributed by atoms with van der Waals surface area (Å²) < 4.78 is 12.8. The van der Waals surface area contributed by atoms with Gasteiger partial charge in [0.15, 0.2) is 0 Å². The second kappa shape index (κ2) is 3.87. The SMILES string of the molecule is N#CC[C@H](N)c1cc(N)cc(F)c1. The molecule has 0 unspecified atom stereocenters. The Kier molecular flexibility index (Phi) is 2.83. The molecule has 1 aromatic rings. The van der Waals surface area contributed by atoms with Gasteiger partial charge in [0.1, 0.15) is 5.82 Å². The van der Waals surface area contributed by atoms with E-state index in [1.54, 1.807) is 6.07 Å². The van der Waals surface area contributed by atoms with E-state index in [1.165, 1.54) is 12.1 Å². The van der Waals surface area contributed by atoms with E-state index in [4.69, 9.17) is 16.7 Å². The summed E-state index contributed by atoms with van der Waals surface area (Å²) in [7, 11) is 0. The van der Waals surface area contributed by atoms with Crippen LogP contribution in [-0.4, -0.2) is 0 Å². The average Bonchev–Trinajstić information content (AvgIpc) is 2.03. The number of rotatable bonds is 2. The van der Waals surface area contributed by atoms with Gasteiger partial charge in [-0.3, -0.25) is 0 Å². The molecule has 0 saturated heterocycles. The second-order valence-corrected chi connectivity index (χ2v) is 2.79. The van der Waals surface area contributed by atoms with Gasteiger partial charge in [0.2, 0.25) is 0 Å². The summed E-state index contributed by atoms with van der Waals surface area (Å²) in [5.41, 5.74) is 11.9. The molecule has 4 N–H and O–H groups in total. The van der Waals surface area contributed by atoms with Crippen LogP contribution in [0.25, 0.3) is 0 Å². The molecule has 0 heterocycles. The summed E-state index contributed by atoms with van der Waals surface area (Å²) in [5.74, 6) is -0.427. The van der Waals surface area contributed by atoms with Crippen molar-refractivity contribution in [2.75, 3.05) is 5.73 Å². The van der Waals surface area contributed by atoms with Crippen LogP contribution in [0.2, 0.25) is 0 Å². The summed E-state index contributed by atoms with van der Waals surface area (Å²) in [6.07, 6.45) is 0.156. The molecule has 0 saturated carbocycles. The molecule has 0 bridgehead atoms. The van der Waals surface area contributed by atoms with Crippen molar-refractivity contribution in [3.05, 3.63) is 29.6 Å². The summed E-state index contributed by atoms with van der Waals surface area (Å²) >= 11 is 0. The molecule has 1 aromatic carbocycles. The lowest BCUT2D eigenvalue weighted by atomic mass is 10.0. The largest absolute Gasteiger partial charge is 0.399 e. The van der Waals surface area contributed by atoms with E-state index in [2.05, 4.69) is 0 Å². The molecule has 0 radical (unpaired) electrons. The van der Waals surface area contributed by atoms with E-state index in [1.807, 2.05) is 6.07 Å². The zero-order valence-electron chi connectivity index (χ0n) is 7.00. The lowest BCUT2D eigenvalue weighted by molar-refractivity contribution is 0.621. The van der Waals surface area contributed by atoms with Gasteiger partial charge in [-0.25, -0.2) is 4.39 Å². The minimum atomic E-state index is -0.469. The van der Waals surface area contributed by atoms with Gasteiger partial charge in [0.05, 0.1) is 12.5 Å². The molecule has 68 valence electrons. The van der Waals surface area contributed by atoms with Crippen molar-refractivity contribution in [2.45, 2.75) is 12.5 Å². The topological polar surface area (TPSA) is 75.8 Å². The van der Waals surface area contributed by atoms with Crippen molar-refractivity contribution < 1.29 is 4.39 Å². The van der Waals surface area contributed by atoms with Gasteiger partial charge in [-0.15, -0.1) is 0 Å². The van der Waals surface area contributed by atoms with Crippen molar-refractivity contribution in [1.29, 1.82) is 5.26 Å². The summed E-state index contributed by atoms with van der Waals surface area (Å²) in [4.78, 5) is 0. The quantitative estimate of drug-likeness (QED) is 0.672. The summed E-state index contributed by atoms with van der Waals surface area (Å²) in [5, 5.41) is 8.38. The van der Waals surface area contributed by atoms with Crippen LogP contribution in [0.15, 0.2) is 18.2 Å². The maximum absolute atomic E-state index is 12.8. The van der Waals surface area contributed by atoms with E-state index in [9.17, 15) is 4.39 Å². The number of nitrogens with two attached hydrogens (primary N) is 2. The number of hydrogen-bond acceptors (Lipinski definition) is 3. The zero-order valence-corrected chi connectivity index (χ0v) is 7.00. The fraction of sp³-hybridized carbons (Fsp3) is 0.222. The Hall–Kier alpha value is -1.60. The molecule has 0 fully saturated rings. The van der Waals surface area contributed by atoms with Gasteiger partial charge < -0.3 is 11.5 Å². The molecule has 0 amide bonds. The first-order valence-corrected chi connectivity index (χ1v) is 3.82. The minimum Gasteiger partial charge on any atom is -0.399 e. The van der Waals surface area contributed by atoms with Gasteiger partial charge in [-0.2, -0.15) is 5.26 Å². The summed E-state index contributed by atoms with van der Waals surface area (Å²) in [6.45, 7) is 0. The number of halogens is 1. The maximum atomic E-state index is 12.8. The Morgan fingerprint density at radius 2 is 2.15 bits per heavy atom. The Bertz CT molecular complexity index is 323. The molecule has 0 aromatic heterocycles. The van der Waals surface area contributed by atoms with Crippen molar-refractivity contribution in [3.8, 4) is 6.07 Å². The van der Waals surface area contributed by atoms with Crippen LogP contribution >= 0.6 is 0 Å². The molecule has 0 aliphatic carbocycles. The lowest BCUT2D eigenvalue weighted by Gasteiger charge is -2.08. The van der Waals surface area contributed by atoms with E-state index < -0.39 is 11.9 Å². The smallest absolute Gasteiger partial charge is 0.125 e. The fourth-order valence-electron chi connectivity index (χ4n) is 1.07. The predicted molar refractivity (Wildman–Crippen MR) is 48.0 cm³/mol. The highest BCUT2D eigenvalue weighted by Crippen LogP contribution is 2.18. The third-order valence-corrected chi connectivity index (χ3v) is 1.68. The summed E-state index contributed by atoms with van der Waals surface area (Å²) in [6, 6.07) is 5.52. The van der Waals surface area contributed by atoms with Crippen LogP contribution in [0.1, 0.15) is 18.0 Å². The number of hydrogen-bond donors (Lipinski definition) is 2. The third kappa shape index (κ3) is 2.42. The predicted octanol–water partition coefficient (Wildman–Crippen LogP) is 1.32. The van der Waals surface area contributed by atoms with E-state index in [0.29, 0.717) is 11.3 Å². The molecule has 0 aliphatic rings. The Labute approximate surface area is 75.8 Å². The molecular formula is C9H10FN3. The van der Waals surface area contributed by atoms with Crippen molar-refractivity contribution in [3.63, 3.8) is 0 Å². The highest BCUT2D eigenvalue weighted by molar-refractivity contribution is 5.42. The van der Waals surface area contributed by atoms with Crippen LogP contribution in [0.5, 0.6) is 0 Å². The fourth-order valence-corrected chi connectivity index (χ4v) is 1.07. The van der Waals surface area contributed by atoms with Crippen LogP contribution in [0, 0.1) is 17.1 Å². The highest BCUT2D eigenvalue weighted by atomic mass is 19.1. The standard InChI is InChI=1S/C9H10FN3/c10-7-3-6(4-8(12)5-7)9(13)1-2-11/h3-5,9H,1,12-13H2/t9-/m0/s1. The van der Waals surface area contributed by atoms with Crippen LogP contribution < -0.4 is 11.5 Å². The van der Waals surface area contributed by atoms with Crippen LogP contribution in [0.3, 0.4) is 0 Å². The third-order valence-electron chi connectivity index (χ3n) is 1.68.